The van der Waals surface area contributed by atoms with E-state index in [1.807, 2.05) is 14.0 Å². The van der Waals surface area contributed by atoms with Gasteiger partial charge in [0.1, 0.15) is 0 Å². The minimum Gasteiger partial charge on any atom is -0.393 e. The van der Waals surface area contributed by atoms with E-state index >= 15 is 0 Å². The van der Waals surface area contributed by atoms with Crippen LogP contribution >= 0.6 is 12.2 Å². The highest BCUT2D eigenvalue weighted by atomic mass is 32.1. The van der Waals surface area contributed by atoms with Crippen LogP contribution in [-0.2, 0) is 9.53 Å². The molecule has 0 bridgehead atoms. The number of carbonyl (C=O) groups excluding carboxylic acids is 1. The summed E-state index contributed by atoms with van der Waals surface area (Å²) in [5.74, 6) is 0.146. The van der Waals surface area contributed by atoms with E-state index < -0.39 is 0 Å². The topological polar surface area (TPSA) is 55.6 Å². The Hall–Kier alpha value is -0.680. The lowest BCUT2D eigenvalue weighted by Crippen LogP contribution is -2.37. The lowest BCUT2D eigenvalue weighted by molar-refractivity contribution is -0.132. The molecule has 18 heavy (non-hydrogen) atoms. The van der Waals surface area contributed by atoms with Crippen LogP contribution in [-0.4, -0.2) is 41.6 Å². The molecule has 0 saturated carbocycles. The highest BCUT2D eigenvalue weighted by Crippen LogP contribution is 2.17. The SMILES string of the molecule is CC(CC(N)=S)N(C)C(=O)CCC1CCCCO1. The molecule has 0 aliphatic carbocycles. The number of hydrogen-bond acceptors (Lipinski definition) is 3. The first-order chi connectivity index (χ1) is 8.50. The fraction of sp³-hybridized carbons (Fsp3) is 0.846. The predicted molar refractivity (Wildman–Crippen MR) is 76.5 cm³/mol. The van der Waals surface area contributed by atoms with Gasteiger partial charge in [-0.2, -0.15) is 0 Å². The van der Waals surface area contributed by atoms with E-state index in [1.165, 1.54) is 6.42 Å². The van der Waals surface area contributed by atoms with Gasteiger partial charge in [0.25, 0.3) is 0 Å². The predicted octanol–water partition coefficient (Wildman–Crippen LogP) is 1.86. The van der Waals surface area contributed by atoms with Gasteiger partial charge in [-0.15, -0.1) is 0 Å². The first-order valence-electron chi connectivity index (χ1n) is 6.66. The summed E-state index contributed by atoms with van der Waals surface area (Å²) < 4.78 is 5.62. The zero-order valence-electron chi connectivity index (χ0n) is 11.4. The van der Waals surface area contributed by atoms with Gasteiger partial charge in [0, 0.05) is 32.5 Å². The van der Waals surface area contributed by atoms with Gasteiger partial charge in [-0.3, -0.25) is 4.79 Å². The van der Waals surface area contributed by atoms with Crippen molar-refractivity contribution >= 4 is 23.1 Å². The summed E-state index contributed by atoms with van der Waals surface area (Å²) >= 11 is 4.86. The number of nitrogens with zero attached hydrogens (tertiary/aromatic N) is 1. The Morgan fingerprint density at radius 3 is 2.83 bits per heavy atom. The molecule has 0 aromatic carbocycles. The maximum atomic E-state index is 12.0. The van der Waals surface area contributed by atoms with Crippen LogP contribution in [0.25, 0.3) is 0 Å². The summed E-state index contributed by atoms with van der Waals surface area (Å²) in [7, 11) is 1.81. The van der Waals surface area contributed by atoms with Crippen LogP contribution in [0.2, 0.25) is 0 Å². The normalized spacial score (nSPS) is 21.3. The Bertz CT molecular complexity index is 291. The monoisotopic (exact) mass is 272 g/mol. The number of ether oxygens (including phenoxy) is 1. The van der Waals surface area contributed by atoms with E-state index in [0.29, 0.717) is 17.8 Å². The van der Waals surface area contributed by atoms with Crippen LogP contribution in [0.5, 0.6) is 0 Å². The molecule has 1 saturated heterocycles. The van der Waals surface area contributed by atoms with Crippen molar-refractivity contribution in [1.82, 2.24) is 4.90 Å². The van der Waals surface area contributed by atoms with Crippen LogP contribution in [0.1, 0.15) is 45.4 Å². The van der Waals surface area contributed by atoms with E-state index in [2.05, 4.69) is 0 Å². The van der Waals surface area contributed by atoms with Crippen LogP contribution in [0.15, 0.2) is 0 Å². The van der Waals surface area contributed by atoms with Crippen LogP contribution in [0, 0.1) is 0 Å². The zero-order valence-corrected chi connectivity index (χ0v) is 12.2. The van der Waals surface area contributed by atoms with Crippen LogP contribution < -0.4 is 5.73 Å². The van der Waals surface area contributed by atoms with Crippen molar-refractivity contribution in [3.05, 3.63) is 0 Å². The van der Waals surface area contributed by atoms with E-state index in [-0.39, 0.29) is 18.1 Å². The van der Waals surface area contributed by atoms with Crippen LogP contribution in [0.4, 0.5) is 0 Å². The highest BCUT2D eigenvalue weighted by molar-refractivity contribution is 7.80. The molecular formula is C13H24N2O2S. The van der Waals surface area contributed by atoms with E-state index in [9.17, 15) is 4.79 Å². The second-order valence-electron chi connectivity index (χ2n) is 5.05. The molecule has 0 spiro atoms. The maximum absolute atomic E-state index is 12.0. The number of thiocarbonyl (C=S) groups is 1. The molecule has 1 fully saturated rings. The standard InChI is InChI=1S/C13H24N2O2S/c1-10(9-12(14)18)15(2)13(16)7-6-11-5-3-4-8-17-11/h10-11H,3-9H2,1-2H3,(H2,14,18). The van der Waals surface area contributed by atoms with Crippen molar-refractivity contribution in [2.75, 3.05) is 13.7 Å². The first-order valence-corrected chi connectivity index (χ1v) is 7.07. The third kappa shape index (κ3) is 5.31. The Morgan fingerprint density at radius 1 is 1.56 bits per heavy atom. The summed E-state index contributed by atoms with van der Waals surface area (Å²) in [6, 6.07) is 0.0716. The Kier molecular flexibility index (Phi) is 6.57. The smallest absolute Gasteiger partial charge is 0.222 e. The van der Waals surface area contributed by atoms with Crippen molar-refractivity contribution < 1.29 is 9.53 Å². The highest BCUT2D eigenvalue weighted by Gasteiger charge is 2.19. The van der Waals surface area contributed by atoms with Gasteiger partial charge < -0.3 is 15.4 Å². The second kappa shape index (κ2) is 7.69. The fourth-order valence-electron chi connectivity index (χ4n) is 2.17. The molecule has 5 heteroatoms. The molecule has 1 amide bonds. The second-order valence-corrected chi connectivity index (χ2v) is 5.58. The van der Waals surface area contributed by atoms with Gasteiger partial charge in [-0.05, 0) is 32.6 Å². The average Bonchev–Trinajstić information content (AvgIpc) is 2.35. The van der Waals surface area contributed by atoms with Gasteiger partial charge >= 0.3 is 0 Å². The molecule has 4 nitrogen and oxygen atoms in total. The number of rotatable bonds is 6. The quantitative estimate of drug-likeness (QED) is 0.750. The molecule has 1 rings (SSSR count). The summed E-state index contributed by atoms with van der Waals surface area (Å²) in [6.45, 7) is 2.81. The number of carbonyl (C=O) groups is 1. The molecule has 1 aliphatic rings. The summed E-state index contributed by atoms with van der Waals surface area (Å²) in [5, 5.41) is 0. The van der Waals surface area contributed by atoms with E-state index in [4.69, 9.17) is 22.7 Å². The van der Waals surface area contributed by atoms with Crippen molar-refractivity contribution in [1.29, 1.82) is 0 Å². The van der Waals surface area contributed by atoms with Gasteiger partial charge in [-0.25, -0.2) is 0 Å². The third-order valence-corrected chi connectivity index (χ3v) is 3.67. The molecule has 2 N–H and O–H groups in total. The molecule has 0 radical (unpaired) electrons. The molecule has 0 aromatic rings. The van der Waals surface area contributed by atoms with Gasteiger partial charge in [-0.1, -0.05) is 12.2 Å². The molecule has 1 heterocycles. The first kappa shape index (κ1) is 15.4. The molecule has 104 valence electrons. The largest absolute Gasteiger partial charge is 0.393 e. The summed E-state index contributed by atoms with van der Waals surface area (Å²) in [6.07, 6.45) is 5.66. The average molecular weight is 272 g/mol. The van der Waals surface area contributed by atoms with Gasteiger partial charge in [0.05, 0.1) is 11.1 Å². The summed E-state index contributed by atoms with van der Waals surface area (Å²) in [5.41, 5.74) is 5.50. The number of hydrogen-bond donors (Lipinski definition) is 1. The Labute approximate surface area is 115 Å². The maximum Gasteiger partial charge on any atom is 0.222 e. The molecular weight excluding hydrogens is 248 g/mol. The number of nitrogens with two attached hydrogens (primary N) is 1. The lowest BCUT2D eigenvalue weighted by atomic mass is 10.0. The zero-order chi connectivity index (χ0) is 13.5. The lowest BCUT2D eigenvalue weighted by Gasteiger charge is -2.26. The molecule has 2 unspecified atom stereocenters. The molecule has 1 aliphatic heterocycles. The van der Waals surface area contributed by atoms with Gasteiger partial charge in [0.15, 0.2) is 0 Å². The minimum atomic E-state index is 0.0716. The van der Waals surface area contributed by atoms with E-state index in [1.54, 1.807) is 4.90 Å². The number of amides is 1. The van der Waals surface area contributed by atoms with Gasteiger partial charge in [0.2, 0.25) is 5.91 Å². The van der Waals surface area contributed by atoms with Crippen LogP contribution in [0.3, 0.4) is 0 Å². The van der Waals surface area contributed by atoms with Crippen molar-refractivity contribution in [2.24, 2.45) is 5.73 Å². The fourth-order valence-corrected chi connectivity index (χ4v) is 2.41. The summed E-state index contributed by atoms with van der Waals surface area (Å²) in [4.78, 5) is 14.2. The Morgan fingerprint density at radius 2 is 2.28 bits per heavy atom. The Balaban J connectivity index is 2.28. The van der Waals surface area contributed by atoms with Crippen molar-refractivity contribution in [2.45, 2.75) is 57.6 Å². The minimum absolute atomic E-state index is 0.0716. The molecule has 2 atom stereocenters. The van der Waals surface area contributed by atoms with E-state index in [0.717, 1.165) is 25.9 Å². The van der Waals surface area contributed by atoms with Crippen molar-refractivity contribution in [3.8, 4) is 0 Å². The third-order valence-electron chi connectivity index (χ3n) is 3.51. The molecule has 0 aromatic heterocycles. The van der Waals surface area contributed by atoms with Crippen molar-refractivity contribution in [3.63, 3.8) is 0 Å².